The summed E-state index contributed by atoms with van der Waals surface area (Å²) in [7, 11) is 1.82. The van der Waals surface area contributed by atoms with E-state index in [0.717, 1.165) is 12.8 Å². The minimum absolute atomic E-state index is 0.0456. The van der Waals surface area contributed by atoms with Gasteiger partial charge in [0.2, 0.25) is 5.91 Å². The quantitative estimate of drug-likeness (QED) is 0.900. The van der Waals surface area contributed by atoms with Crippen LogP contribution >= 0.6 is 0 Å². The molecule has 1 atom stereocenters. The van der Waals surface area contributed by atoms with Crippen molar-refractivity contribution in [3.05, 3.63) is 18.0 Å². The first-order chi connectivity index (χ1) is 12.5. The van der Waals surface area contributed by atoms with E-state index in [0.29, 0.717) is 33.3 Å². The molecule has 140 valence electrons. The molecule has 0 bridgehead atoms. The maximum atomic E-state index is 13.0. The SMILES string of the molecule is CC.CC1c2nn(C(F)F)nc2-c2ccnc(NC(=O)C3CC3)c2N1C. The van der Waals surface area contributed by atoms with Gasteiger partial charge in [-0.1, -0.05) is 13.8 Å². The molecular weight excluding hydrogens is 342 g/mol. The molecule has 0 aromatic carbocycles. The molecule has 2 aromatic rings. The van der Waals surface area contributed by atoms with Gasteiger partial charge in [0.1, 0.15) is 11.4 Å². The highest BCUT2D eigenvalue weighted by molar-refractivity contribution is 5.99. The Morgan fingerprint density at radius 1 is 1.31 bits per heavy atom. The van der Waals surface area contributed by atoms with E-state index >= 15 is 0 Å². The second-order valence-corrected chi connectivity index (χ2v) is 6.14. The Balaban J connectivity index is 0.000000948. The zero-order valence-electron chi connectivity index (χ0n) is 15.2. The third-order valence-electron chi connectivity index (χ3n) is 4.53. The molecule has 1 N–H and O–H groups in total. The van der Waals surface area contributed by atoms with Crippen molar-refractivity contribution in [3.63, 3.8) is 0 Å². The maximum absolute atomic E-state index is 13.0. The topological polar surface area (TPSA) is 75.9 Å². The van der Waals surface area contributed by atoms with Crippen LogP contribution in [0.3, 0.4) is 0 Å². The first-order valence-corrected chi connectivity index (χ1v) is 8.75. The van der Waals surface area contributed by atoms with Gasteiger partial charge in [-0.05, 0) is 25.8 Å². The summed E-state index contributed by atoms with van der Waals surface area (Å²) in [5, 5.41) is 10.7. The molecular formula is C17H22F2N6O. The molecule has 26 heavy (non-hydrogen) atoms. The number of hydrogen-bond acceptors (Lipinski definition) is 5. The normalized spacial score (nSPS) is 18.0. The number of alkyl halides is 2. The predicted octanol–water partition coefficient (Wildman–Crippen LogP) is 3.62. The van der Waals surface area contributed by atoms with Crippen molar-refractivity contribution >= 4 is 17.4 Å². The molecule has 2 aromatic heterocycles. The standard InChI is InChI=1S/C15H16F2N6O.C2H6/c1-7-10-11(21-23(20-10)15(16)17)9-5-6-18-13(12(9)22(7)2)19-14(24)8-3-4-8;1-2/h5-8,15H,3-4H2,1-2H3,(H,18,19,24);1-2H3. The molecule has 1 amide bonds. The van der Waals surface area contributed by atoms with Crippen LogP contribution in [0.4, 0.5) is 20.3 Å². The fourth-order valence-corrected chi connectivity index (χ4v) is 2.93. The van der Waals surface area contributed by atoms with E-state index in [1.165, 1.54) is 6.20 Å². The number of rotatable bonds is 3. The van der Waals surface area contributed by atoms with Gasteiger partial charge in [-0.25, -0.2) is 4.98 Å². The summed E-state index contributed by atoms with van der Waals surface area (Å²) in [5.74, 6) is 0.416. The lowest BCUT2D eigenvalue weighted by atomic mass is 9.99. The molecule has 4 rings (SSSR count). The average molecular weight is 364 g/mol. The van der Waals surface area contributed by atoms with Crippen LogP contribution in [-0.4, -0.2) is 32.9 Å². The van der Waals surface area contributed by atoms with E-state index in [1.807, 2.05) is 32.7 Å². The number of anilines is 2. The number of amides is 1. The summed E-state index contributed by atoms with van der Waals surface area (Å²) >= 11 is 0. The minimum Gasteiger partial charge on any atom is -0.363 e. The summed E-state index contributed by atoms with van der Waals surface area (Å²) in [6, 6.07) is 1.44. The Hall–Kier alpha value is -2.58. The van der Waals surface area contributed by atoms with Gasteiger partial charge in [0, 0.05) is 24.7 Å². The predicted molar refractivity (Wildman–Crippen MR) is 94.0 cm³/mol. The highest BCUT2D eigenvalue weighted by Crippen LogP contribution is 2.45. The van der Waals surface area contributed by atoms with Crippen LogP contribution in [0.15, 0.2) is 12.3 Å². The number of fused-ring (bicyclic) bond motifs is 3. The second kappa shape index (κ2) is 6.97. The number of nitrogens with one attached hydrogen (secondary N) is 1. The summed E-state index contributed by atoms with van der Waals surface area (Å²) in [5.41, 5.74) is 2.20. The lowest BCUT2D eigenvalue weighted by Gasteiger charge is -2.33. The Morgan fingerprint density at radius 3 is 2.62 bits per heavy atom. The van der Waals surface area contributed by atoms with Gasteiger partial charge in [-0.15, -0.1) is 9.90 Å². The van der Waals surface area contributed by atoms with E-state index in [1.54, 1.807) is 6.07 Å². The van der Waals surface area contributed by atoms with Gasteiger partial charge >= 0.3 is 6.55 Å². The van der Waals surface area contributed by atoms with Crippen molar-refractivity contribution in [1.29, 1.82) is 0 Å². The third-order valence-corrected chi connectivity index (χ3v) is 4.53. The van der Waals surface area contributed by atoms with Gasteiger partial charge in [-0.3, -0.25) is 4.79 Å². The number of nitrogens with zero attached hydrogens (tertiary/aromatic N) is 5. The van der Waals surface area contributed by atoms with E-state index in [9.17, 15) is 13.6 Å². The molecule has 0 spiro atoms. The van der Waals surface area contributed by atoms with Crippen molar-refractivity contribution in [2.24, 2.45) is 5.92 Å². The molecule has 1 saturated carbocycles. The van der Waals surface area contributed by atoms with Crippen molar-refractivity contribution < 1.29 is 13.6 Å². The van der Waals surface area contributed by atoms with Gasteiger partial charge in [0.15, 0.2) is 5.82 Å². The van der Waals surface area contributed by atoms with E-state index in [2.05, 4.69) is 20.5 Å². The Morgan fingerprint density at radius 2 is 2.00 bits per heavy atom. The fourth-order valence-electron chi connectivity index (χ4n) is 2.93. The van der Waals surface area contributed by atoms with Crippen molar-refractivity contribution in [2.45, 2.75) is 46.2 Å². The monoisotopic (exact) mass is 364 g/mol. The average Bonchev–Trinajstić information content (AvgIpc) is 3.39. The number of pyridine rings is 1. The summed E-state index contributed by atoms with van der Waals surface area (Å²) in [4.78, 5) is 18.6. The van der Waals surface area contributed by atoms with E-state index in [-0.39, 0.29) is 17.9 Å². The van der Waals surface area contributed by atoms with Crippen LogP contribution in [0.2, 0.25) is 0 Å². The minimum atomic E-state index is -2.80. The maximum Gasteiger partial charge on any atom is 0.348 e. The van der Waals surface area contributed by atoms with Crippen LogP contribution < -0.4 is 10.2 Å². The van der Waals surface area contributed by atoms with Crippen LogP contribution in [0.1, 0.15) is 51.9 Å². The second-order valence-electron chi connectivity index (χ2n) is 6.14. The molecule has 1 fully saturated rings. The van der Waals surface area contributed by atoms with Crippen molar-refractivity contribution in [3.8, 4) is 11.3 Å². The highest BCUT2D eigenvalue weighted by atomic mass is 19.3. The number of aromatic nitrogens is 4. The molecule has 9 heteroatoms. The lowest BCUT2D eigenvalue weighted by molar-refractivity contribution is -0.117. The molecule has 1 unspecified atom stereocenters. The van der Waals surface area contributed by atoms with Crippen LogP contribution in [0, 0.1) is 5.92 Å². The molecule has 0 saturated heterocycles. The van der Waals surface area contributed by atoms with Crippen LogP contribution in [-0.2, 0) is 4.79 Å². The molecule has 1 aliphatic heterocycles. The Kier molecular flexibility index (Phi) is 4.88. The highest BCUT2D eigenvalue weighted by Gasteiger charge is 2.35. The Labute approximate surface area is 150 Å². The molecule has 2 aliphatic rings. The first-order valence-electron chi connectivity index (χ1n) is 8.75. The molecule has 3 heterocycles. The van der Waals surface area contributed by atoms with Crippen molar-refractivity contribution in [1.82, 2.24) is 20.0 Å². The molecule has 0 radical (unpaired) electrons. The molecule has 1 aliphatic carbocycles. The smallest absolute Gasteiger partial charge is 0.348 e. The summed E-state index contributed by atoms with van der Waals surface area (Å²) < 4.78 is 25.9. The number of carbonyl (C=O) groups is 1. The lowest BCUT2D eigenvalue weighted by Crippen LogP contribution is -2.28. The zero-order chi connectivity index (χ0) is 19.0. The third kappa shape index (κ3) is 3.02. The number of hydrogen-bond donors (Lipinski definition) is 1. The number of halogens is 2. The van der Waals surface area contributed by atoms with E-state index in [4.69, 9.17) is 0 Å². The van der Waals surface area contributed by atoms with Crippen molar-refractivity contribution in [2.75, 3.05) is 17.3 Å². The van der Waals surface area contributed by atoms with Crippen LogP contribution in [0.5, 0.6) is 0 Å². The fraction of sp³-hybridized carbons (Fsp3) is 0.529. The van der Waals surface area contributed by atoms with Gasteiger partial charge < -0.3 is 10.2 Å². The number of carbonyl (C=O) groups excluding carboxylic acids is 1. The zero-order valence-corrected chi connectivity index (χ0v) is 15.2. The van der Waals surface area contributed by atoms with Gasteiger partial charge in [0.05, 0.1) is 11.7 Å². The first kappa shape index (κ1) is 18.2. The Bertz CT molecular complexity index is 818. The largest absolute Gasteiger partial charge is 0.363 e. The van der Waals surface area contributed by atoms with Gasteiger partial charge in [0.25, 0.3) is 0 Å². The van der Waals surface area contributed by atoms with Gasteiger partial charge in [-0.2, -0.15) is 13.9 Å². The van der Waals surface area contributed by atoms with Crippen LogP contribution in [0.25, 0.3) is 11.3 Å². The van der Waals surface area contributed by atoms with E-state index < -0.39 is 6.55 Å². The molecule has 7 nitrogen and oxygen atoms in total. The summed E-state index contributed by atoms with van der Waals surface area (Å²) in [6.45, 7) is 3.05. The summed E-state index contributed by atoms with van der Waals surface area (Å²) in [6.07, 6.45) is 3.32.